The normalized spacial score (nSPS) is 10.7. The third kappa shape index (κ3) is 6.80. The summed E-state index contributed by atoms with van der Waals surface area (Å²) in [4.78, 5) is 34.8. The number of benzene rings is 3. The summed E-state index contributed by atoms with van der Waals surface area (Å²) in [5.41, 5.74) is 5.47. The minimum absolute atomic E-state index is 0.0831. The van der Waals surface area contributed by atoms with Gasteiger partial charge in [-0.3, -0.25) is 19.7 Å². The van der Waals surface area contributed by atoms with Crippen LogP contribution in [0.15, 0.2) is 59.7 Å². The Morgan fingerprint density at radius 2 is 1.89 bits per heavy atom. The Morgan fingerprint density at radius 3 is 2.58 bits per heavy atom. The number of carbonyl (C=O) groups excluding carboxylic acids is 2. The van der Waals surface area contributed by atoms with Crippen LogP contribution in [0.2, 0.25) is 5.02 Å². The molecule has 3 rings (SSSR count). The van der Waals surface area contributed by atoms with Crippen molar-refractivity contribution in [1.82, 2.24) is 5.43 Å². The molecule has 0 atom stereocenters. The van der Waals surface area contributed by atoms with Crippen molar-refractivity contribution in [2.45, 2.75) is 13.8 Å². The Kier molecular flexibility index (Phi) is 8.58. The smallest absolute Gasteiger partial charge is 0.271 e. The average molecular weight is 511 g/mol. The van der Waals surface area contributed by atoms with Gasteiger partial charge in [-0.05, 0) is 60.9 Å². The van der Waals surface area contributed by atoms with E-state index in [-0.39, 0.29) is 40.3 Å². The van der Waals surface area contributed by atoms with Crippen molar-refractivity contribution >= 4 is 41.0 Å². The molecule has 0 saturated carbocycles. The fourth-order valence-electron chi connectivity index (χ4n) is 3.10. The zero-order valence-corrected chi connectivity index (χ0v) is 20.5. The number of hydrazone groups is 1. The summed E-state index contributed by atoms with van der Waals surface area (Å²) in [6.45, 7) is 3.64. The molecule has 2 amide bonds. The second kappa shape index (κ2) is 11.8. The maximum absolute atomic E-state index is 12.3. The lowest BCUT2D eigenvalue weighted by Crippen LogP contribution is -2.20. The fourth-order valence-corrected chi connectivity index (χ4v) is 3.37. The van der Waals surface area contributed by atoms with E-state index in [2.05, 4.69) is 15.8 Å². The molecule has 3 aromatic rings. The van der Waals surface area contributed by atoms with Crippen molar-refractivity contribution in [1.29, 1.82) is 0 Å². The van der Waals surface area contributed by atoms with Gasteiger partial charge in [0.15, 0.2) is 18.1 Å². The molecule has 0 spiro atoms. The number of hydrogen-bond donors (Lipinski definition) is 2. The Morgan fingerprint density at radius 1 is 1.11 bits per heavy atom. The molecule has 0 heterocycles. The molecule has 0 radical (unpaired) electrons. The summed E-state index contributed by atoms with van der Waals surface area (Å²) in [5.74, 6) is -0.561. The van der Waals surface area contributed by atoms with E-state index >= 15 is 0 Å². The highest BCUT2D eigenvalue weighted by molar-refractivity contribution is 6.32. The minimum Gasteiger partial charge on any atom is -0.493 e. The number of nitro groups is 1. The highest BCUT2D eigenvalue weighted by Gasteiger charge is 2.15. The number of halogens is 1. The Bertz CT molecular complexity index is 1340. The maximum Gasteiger partial charge on any atom is 0.271 e. The standard InChI is InChI=1S/C25H23ClN4O6/c1-15-7-8-19(9-16(15)2)28-23(31)14-36-24-21(26)10-17(11-22(24)35-3)13-27-29-25(32)18-5-4-6-20(12-18)30(33)34/h4-13H,14H2,1-3H3,(H,28,31)(H,29,32)/b27-13+. The lowest BCUT2D eigenvalue weighted by Gasteiger charge is -2.13. The second-order valence-corrected chi connectivity index (χ2v) is 8.08. The van der Waals surface area contributed by atoms with Crippen LogP contribution in [0.5, 0.6) is 11.5 Å². The van der Waals surface area contributed by atoms with E-state index in [1.165, 1.54) is 37.6 Å². The number of nitro benzene ring substituents is 1. The molecule has 0 fully saturated rings. The van der Waals surface area contributed by atoms with E-state index < -0.39 is 10.8 Å². The van der Waals surface area contributed by atoms with E-state index in [1.807, 2.05) is 26.0 Å². The summed E-state index contributed by atoms with van der Waals surface area (Å²) in [6, 6.07) is 13.9. The number of non-ortho nitro benzene ring substituents is 1. The first-order valence-corrected chi connectivity index (χ1v) is 11.0. The van der Waals surface area contributed by atoms with E-state index in [4.69, 9.17) is 21.1 Å². The third-order valence-electron chi connectivity index (χ3n) is 5.09. The molecule has 10 nitrogen and oxygen atoms in total. The van der Waals surface area contributed by atoms with Crippen molar-refractivity contribution in [2.75, 3.05) is 19.0 Å². The minimum atomic E-state index is -0.622. The predicted octanol–water partition coefficient (Wildman–Crippen LogP) is 4.66. The largest absolute Gasteiger partial charge is 0.493 e. The number of amides is 2. The van der Waals surface area contributed by atoms with E-state index in [0.717, 1.165) is 17.2 Å². The quantitative estimate of drug-likeness (QED) is 0.244. The summed E-state index contributed by atoms with van der Waals surface area (Å²) in [7, 11) is 1.42. The van der Waals surface area contributed by atoms with Crippen LogP contribution in [0, 0.1) is 24.0 Å². The molecule has 3 aromatic carbocycles. The summed E-state index contributed by atoms with van der Waals surface area (Å²) < 4.78 is 10.9. The van der Waals surface area contributed by atoms with Crippen molar-refractivity contribution in [3.8, 4) is 11.5 Å². The topological polar surface area (TPSA) is 132 Å². The van der Waals surface area contributed by atoms with Gasteiger partial charge in [-0.2, -0.15) is 5.10 Å². The van der Waals surface area contributed by atoms with Gasteiger partial charge in [0.25, 0.3) is 17.5 Å². The number of ether oxygens (including phenoxy) is 2. The summed E-state index contributed by atoms with van der Waals surface area (Å²) in [6.07, 6.45) is 1.32. The van der Waals surface area contributed by atoms with Crippen LogP contribution in [0.25, 0.3) is 0 Å². The van der Waals surface area contributed by atoms with Gasteiger partial charge in [0.2, 0.25) is 0 Å². The number of hydrogen-bond acceptors (Lipinski definition) is 7. The van der Waals surface area contributed by atoms with Crippen molar-refractivity contribution < 1.29 is 24.0 Å². The molecule has 0 bridgehead atoms. The van der Waals surface area contributed by atoms with Crippen LogP contribution in [-0.4, -0.2) is 36.7 Å². The van der Waals surface area contributed by atoms with Crippen molar-refractivity contribution in [3.63, 3.8) is 0 Å². The average Bonchev–Trinajstić information content (AvgIpc) is 2.85. The molecular formula is C25H23ClN4O6. The number of anilines is 1. The Hall–Kier alpha value is -4.44. The van der Waals surface area contributed by atoms with Crippen LogP contribution in [0.3, 0.4) is 0 Å². The maximum atomic E-state index is 12.3. The zero-order chi connectivity index (χ0) is 26.2. The first-order valence-electron chi connectivity index (χ1n) is 10.6. The molecule has 0 unspecified atom stereocenters. The van der Waals surface area contributed by atoms with Crippen LogP contribution < -0.4 is 20.2 Å². The van der Waals surface area contributed by atoms with Gasteiger partial charge < -0.3 is 14.8 Å². The first kappa shape index (κ1) is 26.2. The molecule has 0 aliphatic rings. The molecule has 0 aliphatic carbocycles. The molecule has 0 aliphatic heterocycles. The number of aryl methyl sites for hydroxylation is 2. The predicted molar refractivity (Wildman–Crippen MR) is 136 cm³/mol. The lowest BCUT2D eigenvalue weighted by molar-refractivity contribution is -0.384. The summed E-state index contributed by atoms with van der Waals surface area (Å²) >= 11 is 6.33. The number of nitrogens with zero attached hydrogens (tertiary/aromatic N) is 2. The van der Waals surface area contributed by atoms with Crippen molar-refractivity contribution in [3.05, 3.63) is 92.0 Å². The highest BCUT2D eigenvalue weighted by Crippen LogP contribution is 2.36. The monoisotopic (exact) mass is 510 g/mol. The molecule has 11 heteroatoms. The number of rotatable bonds is 9. The van der Waals surface area contributed by atoms with Crippen LogP contribution in [0.1, 0.15) is 27.0 Å². The SMILES string of the molecule is COc1cc(/C=N/NC(=O)c2cccc([N+](=O)[O-])c2)cc(Cl)c1OCC(=O)Nc1ccc(C)c(C)c1. The molecule has 0 saturated heterocycles. The van der Waals surface area contributed by atoms with Gasteiger partial charge in [0.1, 0.15) is 0 Å². The number of nitrogens with one attached hydrogen (secondary N) is 2. The third-order valence-corrected chi connectivity index (χ3v) is 5.37. The molecular weight excluding hydrogens is 488 g/mol. The van der Waals surface area contributed by atoms with Gasteiger partial charge in [0.05, 0.1) is 23.3 Å². The fraction of sp³-hybridized carbons (Fsp3) is 0.160. The highest BCUT2D eigenvalue weighted by atomic mass is 35.5. The van der Waals surface area contributed by atoms with Crippen LogP contribution in [-0.2, 0) is 4.79 Å². The second-order valence-electron chi connectivity index (χ2n) is 7.68. The van der Waals surface area contributed by atoms with Crippen molar-refractivity contribution in [2.24, 2.45) is 5.10 Å². The van der Waals surface area contributed by atoms with Gasteiger partial charge in [0, 0.05) is 23.4 Å². The van der Waals surface area contributed by atoms with E-state index in [1.54, 1.807) is 12.1 Å². The Labute approximate surface area is 212 Å². The van der Waals surface area contributed by atoms with Gasteiger partial charge >= 0.3 is 0 Å². The molecule has 2 N–H and O–H groups in total. The number of carbonyl (C=O) groups is 2. The Balaban J connectivity index is 1.64. The lowest BCUT2D eigenvalue weighted by atomic mass is 10.1. The van der Waals surface area contributed by atoms with Gasteiger partial charge in [-0.25, -0.2) is 5.43 Å². The number of methoxy groups -OCH3 is 1. The van der Waals surface area contributed by atoms with Crippen LogP contribution >= 0.6 is 11.6 Å². The van der Waals surface area contributed by atoms with E-state index in [0.29, 0.717) is 11.3 Å². The van der Waals surface area contributed by atoms with Gasteiger partial charge in [-0.1, -0.05) is 23.7 Å². The molecule has 36 heavy (non-hydrogen) atoms. The molecule has 186 valence electrons. The summed E-state index contributed by atoms with van der Waals surface area (Å²) in [5, 5.41) is 17.7. The zero-order valence-electron chi connectivity index (χ0n) is 19.7. The first-order chi connectivity index (χ1) is 17.2. The van der Waals surface area contributed by atoms with E-state index in [9.17, 15) is 19.7 Å². The molecule has 0 aromatic heterocycles. The van der Waals surface area contributed by atoms with Gasteiger partial charge in [-0.15, -0.1) is 0 Å². The van der Waals surface area contributed by atoms with Crippen LogP contribution in [0.4, 0.5) is 11.4 Å².